The van der Waals surface area contributed by atoms with Crippen LogP contribution in [-0.4, -0.2) is 30.5 Å². The Labute approximate surface area is 131 Å². The van der Waals surface area contributed by atoms with E-state index < -0.39 is 0 Å². The number of hydrogen-bond donors (Lipinski definition) is 0. The van der Waals surface area contributed by atoms with Gasteiger partial charge in [-0.15, -0.1) is 0 Å². The van der Waals surface area contributed by atoms with Gasteiger partial charge < -0.3 is 9.64 Å². The third kappa shape index (κ3) is 3.20. The number of aryl methyl sites for hydroxylation is 1. The van der Waals surface area contributed by atoms with Gasteiger partial charge in [0.2, 0.25) is 0 Å². The Morgan fingerprint density at radius 1 is 1.14 bits per heavy atom. The molecule has 1 unspecified atom stereocenters. The lowest BCUT2D eigenvalue weighted by Gasteiger charge is -2.33. The Morgan fingerprint density at radius 2 is 1.86 bits per heavy atom. The molecule has 114 valence electrons. The molecule has 1 saturated heterocycles. The Balaban J connectivity index is 1.72. The average molecular weight is 295 g/mol. The molecule has 2 aromatic rings. The molecule has 1 fully saturated rings. The molecule has 0 spiro atoms. The highest BCUT2D eigenvalue weighted by atomic mass is 16.5. The highest BCUT2D eigenvalue weighted by Crippen LogP contribution is 2.23. The third-order valence-electron chi connectivity index (χ3n) is 4.13. The molecule has 1 aliphatic heterocycles. The molecule has 0 N–H and O–H groups in total. The van der Waals surface area contributed by atoms with Crippen LogP contribution in [0.4, 0.5) is 0 Å². The van der Waals surface area contributed by atoms with E-state index in [9.17, 15) is 4.79 Å². The molecule has 0 aliphatic carbocycles. The fourth-order valence-corrected chi connectivity index (χ4v) is 2.77. The molecule has 3 rings (SSSR count). The van der Waals surface area contributed by atoms with Crippen LogP contribution in [-0.2, 0) is 11.2 Å². The van der Waals surface area contributed by atoms with Crippen molar-refractivity contribution >= 4 is 5.91 Å². The molecule has 1 aliphatic rings. The first-order chi connectivity index (χ1) is 10.8. The van der Waals surface area contributed by atoms with E-state index in [0.717, 1.165) is 17.5 Å². The van der Waals surface area contributed by atoms with Crippen molar-refractivity contribution < 1.29 is 9.53 Å². The molecule has 2 aromatic carbocycles. The molecule has 3 nitrogen and oxygen atoms in total. The summed E-state index contributed by atoms with van der Waals surface area (Å²) in [7, 11) is 0. The number of nitrogens with zero attached hydrogens (tertiary/aromatic N) is 1. The third-order valence-corrected chi connectivity index (χ3v) is 4.13. The van der Waals surface area contributed by atoms with E-state index in [1.807, 2.05) is 35.2 Å². The van der Waals surface area contributed by atoms with Crippen LogP contribution in [0.1, 0.15) is 34.5 Å². The second-order valence-electron chi connectivity index (χ2n) is 5.57. The van der Waals surface area contributed by atoms with E-state index in [2.05, 4.69) is 31.2 Å². The minimum atomic E-state index is -0.0349. The van der Waals surface area contributed by atoms with Crippen molar-refractivity contribution in [3.05, 3.63) is 71.3 Å². The maximum atomic E-state index is 12.5. The van der Waals surface area contributed by atoms with Crippen LogP contribution in [0.25, 0.3) is 0 Å². The molecule has 0 saturated carbocycles. The van der Waals surface area contributed by atoms with Crippen LogP contribution in [0.3, 0.4) is 0 Å². The number of benzene rings is 2. The first-order valence-corrected chi connectivity index (χ1v) is 7.82. The van der Waals surface area contributed by atoms with Gasteiger partial charge in [-0.25, -0.2) is 0 Å². The number of carbonyl (C=O) groups is 1. The lowest BCUT2D eigenvalue weighted by Crippen LogP contribution is -2.42. The van der Waals surface area contributed by atoms with Gasteiger partial charge in [-0.3, -0.25) is 4.79 Å². The minimum absolute atomic E-state index is 0.0349. The van der Waals surface area contributed by atoms with E-state index in [1.165, 1.54) is 5.56 Å². The van der Waals surface area contributed by atoms with Crippen molar-refractivity contribution in [3.8, 4) is 0 Å². The number of morpholine rings is 1. The van der Waals surface area contributed by atoms with Gasteiger partial charge in [0.15, 0.2) is 0 Å². The van der Waals surface area contributed by atoms with Gasteiger partial charge in [0.25, 0.3) is 5.91 Å². The van der Waals surface area contributed by atoms with Crippen molar-refractivity contribution in [2.24, 2.45) is 0 Å². The zero-order valence-corrected chi connectivity index (χ0v) is 12.9. The van der Waals surface area contributed by atoms with E-state index >= 15 is 0 Å². The second kappa shape index (κ2) is 6.75. The Morgan fingerprint density at radius 3 is 2.55 bits per heavy atom. The fraction of sp³-hybridized carbons (Fsp3) is 0.316. The summed E-state index contributed by atoms with van der Waals surface area (Å²) in [5.41, 5.74) is 3.20. The van der Waals surface area contributed by atoms with Gasteiger partial charge in [0.1, 0.15) is 6.10 Å². The van der Waals surface area contributed by atoms with Crippen molar-refractivity contribution in [1.29, 1.82) is 0 Å². The average Bonchev–Trinajstić information content (AvgIpc) is 2.62. The second-order valence-corrected chi connectivity index (χ2v) is 5.57. The van der Waals surface area contributed by atoms with Crippen molar-refractivity contribution in [1.82, 2.24) is 4.90 Å². The topological polar surface area (TPSA) is 29.5 Å². The molecule has 1 heterocycles. The Bertz CT molecular complexity index is 622. The van der Waals surface area contributed by atoms with Crippen LogP contribution in [0.15, 0.2) is 54.6 Å². The maximum absolute atomic E-state index is 12.5. The number of carbonyl (C=O) groups excluding carboxylic acids is 1. The standard InChI is InChI=1S/C19H21NO2/c1-2-15-8-10-16(11-9-15)18-14-20(12-13-22-18)19(21)17-6-4-3-5-7-17/h3-11,18H,2,12-14H2,1H3. The SMILES string of the molecule is CCc1ccc(C2CN(C(=O)c3ccccc3)CCO2)cc1. The van der Waals surface area contributed by atoms with Gasteiger partial charge in [0.05, 0.1) is 13.2 Å². The van der Waals surface area contributed by atoms with E-state index in [1.54, 1.807) is 0 Å². The molecular formula is C19H21NO2. The highest BCUT2D eigenvalue weighted by molar-refractivity contribution is 5.94. The summed E-state index contributed by atoms with van der Waals surface area (Å²) in [5, 5.41) is 0. The zero-order chi connectivity index (χ0) is 15.4. The zero-order valence-electron chi connectivity index (χ0n) is 12.9. The normalized spacial score (nSPS) is 18.2. The summed E-state index contributed by atoms with van der Waals surface area (Å²) in [5.74, 6) is 0.0825. The summed E-state index contributed by atoms with van der Waals surface area (Å²) in [4.78, 5) is 14.4. The van der Waals surface area contributed by atoms with E-state index in [4.69, 9.17) is 4.74 Å². The van der Waals surface area contributed by atoms with Gasteiger partial charge in [-0.05, 0) is 29.7 Å². The predicted octanol–water partition coefficient (Wildman–Crippen LogP) is 3.46. The van der Waals surface area contributed by atoms with Crippen molar-refractivity contribution in [2.75, 3.05) is 19.7 Å². The minimum Gasteiger partial charge on any atom is -0.370 e. The summed E-state index contributed by atoms with van der Waals surface area (Å²) >= 11 is 0. The predicted molar refractivity (Wildman–Crippen MR) is 86.9 cm³/mol. The van der Waals surface area contributed by atoms with Gasteiger partial charge in [-0.2, -0.15) is 0 Å². The molecule has 0 bridgehead atoms. The summed E-state index contributed by atoms with van der Waals surface area (Å²) in [6, 6.07) is 17.9. The monoisotopic (exact) mass is 295 g/mol. The van der Waals surface area contributed by atoms with E-state index in [0.29, 0.717) is 19.7 Å². The number of amides is 1. The number of hydrogen-bond acceptors (Lipinski definition) is 2. The first kappa shape index (κ1) is 14.8. The largest absolute Gasteiger partial charge is 0.370 e. The van der Waals surface area contributed by atoms with Crippen LogP contribution in [0.5, 0.6) is 0 Å². The molecular weight excluding hydrogens is 274 g/mol. The molecule has 0 radical (unpaired) electrons. The van der Waals surface area contributed by atoms with Gasteiger partial charge in [-0.1, -0.05) is 49.4 Å². The molecule has 1 atom stereocenters. The highest BCUT2D eigenvalue weighted by Gasteiger charge is 2.25. The van der Waals surface area contributed by atoms with E-state index in [-0.39, 0.29) is 12.0 Å². The smallest absolute Gasteiger partial charge is 0.254 e. The molecule has 1 amide bonds. The molecule has 22 heavy (non-hydrogen) atoms. The molecule has 0 aromatic heterocycles. The van der Waals surface area contributed by atoms with Crippen molar-refractivity contribution in [3.63, 3.8) is 0 Å². The number of rotatable bonds is 3. The first-order valence-electron chi connectivity index (χ1n) is 7.82. The van der Waals surface area contributed by atoms with Crippen LogP contribution in [0, 0.1) is 0 Å². The van der Waals surface area contributed by atoms with Gasteiger partial charge >= 0.3 is 0 Å². The molecule has 3 heteroatoms. The van der Waals surface area contributed by atoms with Crippen molar-refractivity contribution in [2.45, 2.75) is 19.4 Å². The maximum Gasteiger partial charge on any atom is 0.254 e. The lowest BCUT2D eigenvalue weighted by atomic mass is 10.0. The fourth-order valence-electron chi connectivity index (χ4n) is 2.77. The summed E-state index contributed by atoms with van der Waals surface area (Å²) in [6.45, 7) is 3.99. The lowest BCUT2D eigenvalue weighted by molar-refractivity contribution is -0.0228. The quantitative estimate of drug-likeness (QED) is 0.868. The van der Waals surface area contributed by atoms with Gasteiger partial charge in [0, 0.05) is 12.1 Å². The van der Waals surface area contributed by atoms with Crippen LogP contribution < -0.4 is 0 Å². The van der Waals surface area contributed by atoms with Crippen LogP contribution in [0.2, 0.25) is 0 Å². The Kier molecular flexibility index (Phi) is 4.54. The van der Waals surface area contributed by atoms with Crippen LogP contribution >= 0.6 is 0 Å². The Hall–Kier alpha value is -2.13. The summed E-state index contributed by atoms with van der Waals surface area (Å²) < 4.78 is 5.86. The summed E-state index contributed by atoms with van der Waals surface area (Å²) in [6.07, 6.45) is 0.997. The number of ether oxygens (including phenoxy) is 1.